The number of nitrogens with one attached hydrogen (secondary N) is 3. The first-order chi connectivity index (χ1) is 12.7. The normalized spacial score (nSPS) is 11.7. The number of guanidine groups is 2. The van der Waals surface area contributed by atoms with E-state index in [-0.39, 0.29) is 0 Å². The third kappa shape index (κ3) is 5.73. The Kier molecular flexibility index (Phi) is 7.35. The maximum Gasteiger partial charge on any atom is 0.211 e. The minimum atomic E-state index is 0.296. The predicted molar refractivity (Wildman–Crippen MR) is 105 cm³/mol. The van der Waals surface area contributed by atoms with Crippen molar-refractivity contribution in [2.45, 2.75) is 0 Å². The number of anilines is 2. The Balaban J connectivity index is 2.09. The Bertz CT molecular complexity index is 824. The van der Waals surface area contributed by atoms with Crippen LogP contribution in [0.25, 0.3) is 11.3 Å². The van der Waals surface area contributed by atoms with E-state index in [1.165, 1.54) is 11.3 Å². The maximum atomic E-state index is 8.66. The van der Waals surface area contributed by atoms with E-state index < -0.39 is 0 Å². The van der Waals surface area contributed by atoms with E-state index in [2.05, 4.69) is 30.9 Å². The van der Waals surface area contributed by atoms with E-state index in [1.54, 1.807) is 20.4 Å². The van der Waals surface area contributed by atoms with Crippen molar-refractivity contribution in [2.75, 3.05) is 37.9 Å². The molecule has 0 saturated heterocycles. The van der Waals surface area contributed by atoms with E-state index in [0.717, 1.165) is 16.9 Å². The molecular formula is C16H20N8OS. The van der Waals surface area contributed by atoms with E-state index in [0.29, 0.717) is 30.2 Å². The summed E-state index contributed by atoms with van der Waals surface area (Å²) in [5, 5.41) is 20.0. The molecule has 0 radical (unpaired) electrons. The third-order valence-electron chi connectivity index (χ3n) is 3.14. The summed E-state index contributed by atoms with van der Waals surface area (Å²) in [4.78, 5) is 12.3. The highest BCUT2D eigenvalue weighted by Gasteiger charge is 2.07. The standard InChI is InChI=1S/C16H20N8OS/c1-19-15(21-10-17)22-12-5-3-4-11(8-12)13-9-26-16(23-13)24-14(18)20-6-7-25-2/h3-5,8-9H,6-7H2,1-2H3,(H2,19,21,22)(H3,18,20,23,24). The second kappa shape index (κ2) is 9.97. The molecule has 0 aliphatic rings. The van der Waals surface area contributed by atoms with Crippen molar-refractivity contribution in [1.82, 2.24) is 10.3 Å². The van der Waals surface area contributed by atoms with Gasteiger partial charge in [-0.3, -0.25) is 4.99 Å². The first kappa shape index (κ1) is 19.2. The third-order valence-corrected chi connectivity index (χ3v) is 3.89. The quantitative estimate of drug-likeness (QED) is 0.262. The Morgan fingerprint density at radius 1 is 1.42 bits per heavy atom. The van der Waals surface area contributed by atoms with Crippen LogP contribution in [0.4, 0.5) is 10.8 Å². The summed E-state index contributed by atoms with van der Waals surface area (Å²) in [7, 11) is 3.30. The molecule has 0 amide bonds. The Labute approximate surface area is 155 Å². The summed E-state index contributed by atoms with van der Waals surface area (Å²) in [6, 6.07) is 7.63. The summed E-state index contributed by atoms with van der Waals surface area (Å²) in [6.45, 7) is 0.994. The van der Waals surface area contributed by atoms with Crippen LogP contribution >= 0.6 is 11.3 Å². The number of aromatic nitrogens is 1. The fraction of sp³-hybridized carbons (Fsp3) is 0.250. The number of nitriles is 1. The Morgan fingerprint density at radius 3 is 3.00 bits per heavy atom. The van der Waals surface area contributed by atoms with Crippen molar-refractivity contribution >= 4 is 34.1 Å². The second-order valence-electron chi connectivity index (χ2n) is 4.94. The molecule has 0 atom stereocenters. The van der Waals surface area contributed by atoms with Gasteiger partial charge in [0.15, 0.2) is 11.1 Å². The molecule has 0 unspecified atom stereocenters. The molecule has 10 heteroatoms. The van der Waals surface area contributed by atoms with Crippen LogP contribution in [0.3, 0.4) is 0 Å². The highest BCUT2D eigenvalue weighted by atomic mass is 32.1. The van der Waals surface area contributed by atoms with Crippen LogP contribution in [0.5, 0.6) is 0 Å². The van der Waals surface area contributed by atoms with Crippen molar-refractivity contribution in [3.8, 4) is 17.5 Å². The highest BCUT2D eigenvalue weighted by Crippen LogP contribution is 2.26. The molecule has 0 bridgehead atoms. The van der Waals surface area contributed by atoms with E-state index in [4.69, 9.17) is 15.7 Å². The van der Waals surface area contributed by atoms with Gasteiger partial charge in [-0.2, -0.15) is 5.26 Å². The minimum absolute atomic E-state index is 0.296. The number of benzene rings is 1. The van der Waals surface area contributed by atoms with E-state index in [9.17, 15) is 0 Å². The van der Waals surface area contributed by atoms with Gasteiger partial charge in [0.2, 0.25) is 12.2 Å². The monoisotopic (exact) mass is 372 g/mol. The van der Waals surface area contributed by atoms with Crippen LogP contribution in [-0.2, 0) is 4.74 Å². The lowest BCUT2D eigenvalue weighted by molar-refractivity contribution is 0.208. The zero-order chi connectivity index (χ0) is 18.8. The van der Waals surface area contributed by atoms with Gasteiger partial charge in [-0.25, -0.2) is 4.98 Å². The zero-order valence-electron chi connectivity index (χ0n) is 14.5. The number of aliphatic imine (C=N–C) groups is 2. The number of hydrogen-bond acceptors (Lipinski definition) is 6. The lowest BCUT2D eigenvalue weighted by atomic mass is 10.1. The molecule has 26 heavy (non-hydrogen) atoms. The second-order valence-corrected chi connectivity index (χ2v) is 5.80. The molecule has 5 N–H and O–H groups in total. The average Bonchev–Trinajstić information content (AvgIpc) is 3.10. The maximum absolute atomic E-state index is 8.66. The van der Waals surface area contributed by atoms with Crippen LogP contribution in [0, 0.1) is 11.5 Å². The lowest BCUT2D eigenvalue weighted by Gasteiger charge is -2.08. The molecule has 0 spiro atoms. The SMILES string of the molecule is CN/C(=N/C#N)Nc1cccc(-c2csc(N/C(N)=N\CCOC)n2)c1. The molecule has 1 heterocycles. The topological polar surface area (TPSA) is 133 Å². The van der Waals surface area contributed by atoms with Crippen LogP contribution in [-0.4, -0.2) is 44.2 Å². The van der Waals surface area contributed by atoms with Gasteiger partial charge >= 0.3 is 0 Å². The summed E-state index contributed by atoms with van der Waals surface area (Å²) in [5.74, 6) is 0.662. The molecule has 1 aromatic heterocycles. The molecule has 0 aliphatic carbocycles. The molecule has 2 aromatic rings. The average molecular weight is 372 g/mol. The van der Waals surface area contributed by atoms with E-state index >= 15 is 0 Å². The molecule has 136 valence electrons. The molecule has 9 nitrogen and oxygen atoms in total. The van der Waals surface area contributed by atoms with Gasteiger partial charge in [0.1, 0.15) is 0 Å². The molecule has 1 aromatic carbocycles. The Hall–Kier alpha value is -3.16. The molecule has 0 fully saturated rings. The molecule has 2 rings (SSSR count). The number of nitrogens with zero attached hydrogens (tertiary/aromatic N) is 4. The largest absolute Gasteiger partial charge is 0.383 e. The van der Waals surface area contributed by atoms with Gasteiger partial charge in [0, 0.05) is 30.8 Å². The lowest BCUT2D eigenvalue weighted by Crippen LogP contribution is -2.26. The zero-order valence-corrected chi connectivity index (χ0v) is 15.3. The van der Waals surface area contributed by atoms with Gasteiger partial charge in [-0.05, 0) is 12.1 Å². The Morgan fingerprint density at radius 2 is 2.27 bits per heavy atom. The highest BCUT2D eigenvalue weighted by molar-refractivity contribution is 7.14. The number of hydrogen-bond donors (Lipinski definition) is 4. The number of ether oxygens (including phenoxy) is 1. The number of nitrogens with two attached hydrogens (primary N) is 1. The van der Waals surface area contributed by atoms with Gasteiger partial charge in [0.25, 0.3) is 0 Å². The van der Waals surface area contributed by atoms with Gasteiger partial charge in [0.05, 0.1) is 18.8 Å². The van der Waals surface area contributed by atoms with Crippen LogP contribution in [0.2, 0.25) is 0 Å². The van der Waals surface area contributed by atoms with Crippen molar-refractivity contribution in [3.05, 3.63) is 29.6 Å². The molecular weight excluding hydrogens is 352 g/mol. The van der Waals surface area contributed by atoms with Crippen molar-refractivity contribution in [1.29, 1.82) is 5.26 Å². The fourth-order valence-corrected chi connectivity index (χ4v) is 2.69. The number of rotatable bonds is 6. The van der Waals surface area contributed by atoms with Crippen LogP contribution in [0.1, 0.15) is 0 Å². The summed E-state index contributed by atoms with van der Waals surface area (Å²) < 4.78 is 4.93. The summed E-state index contributed by atoms with van der Waals surface area (Å²) >= 11 is 1.43. The van der Waals surface area contributed by atoms with Gasteiger partial charge in [-0.1, -0.05) is 12.1 Å². The van der Waals surface area contributed by atoms with Crippen molar-refractivity contribution < 1.29 is 4.74 Å². The predicted octanol–water partition coefficient (Wildman–Crippen LogP) is 1.65. The van der Waals surface area contributed by atoms with Gasteiger partial charge in [-0.15, -0.1) is 16.3 Å². The first-order valence-electron chi connectivity index (χ1n) is 7.69. The van der Waals surface area contributed by atoms with Gasteiger partial charge < -0.3 is 26.4 Å². The van der Waals surface area contributed by atoms with Crippen LogP contribution in [0.15, 0.2) is 39.6 Å². The molecule has 0 aliphatic heterocycles. The van der Waals surface area contributed by atoms with Crippen molar-refractivity contribution in [2.24, 2.45) is 15.7 Å². The molecule has 0 saturated carbocycles. The minimum Gasteiger partial charge on any atom is -0.383 e. The first-order valence-corrected chi connectivity index (χ1v) is 8.57. The number of thiazole rings is 1. The van der Waals surface area contributed by atoms with Crippen molar-refractivity contribution in [3.63, 3.8) is 0 Å². The number of methoxy groups -OCH3 is 1. The smallest absolute Gasteiger partial charge is 0.211 e. The fourth-order valence-electron chi connectivity index (χ4n) is 1.96. The summed E-state index contributed by atoms with van der Waals surface area (Å²) in [5.41, 5.74) is 8.32. The van der Waals surface area contributed by atoms with Crippen LogP contribution < -0.4 is 21.7 Å². The van der Waals surface area contributed by atoms with E-state index in [1.807, 2.05) is 29.6 Å². The summed E-state index contributed by atoms with van der Waals surface area (Å²) in [6.07, 6.45) is 1.74.